The number of methoxy groups -OCH3 is 2. The molecule has 0 radical (unpaired) electrons. The molecular weight excluding hydrogens is 420 g/mol. The summed E-state index contributed by atoms with van der Waals surface area (Å²) in [6.07, 6.45) is 0. The zero-order valence-corrected chi connectivity index (χ0v) is 17.8. The molecule has 0 spiro atoms. The lowest BCUT2D eigenvalue weighted by Crippen LogP contribution is -2.24. The van der Waals surface area contributed by atoms with Crippen molar-refractivity contribution in [2.24, 2.45) is 0 Å². The van der Waals surface area contributed by atoms with Gasteiger partial charge in [-0.2, -0.15) is 0 Å². The highest BCUT2D eigenvalue weighted by Crippen LogP contribution is 2.33. The summed E-state index contributed by atoms with van der Waals surface area (Å²) in [5.74, 6) is -0.201. The molecule has 158 valence electrons. The van der Waals surface area contributed by atoms with E-state index >= 15 is 0 Å². The molecule has 0 bridgehead atoms. The first-order valence-corrected chi connectivity index (χ1v) is 10.1. The van der Waals surface area contributed by atoms with Gasteiger partial charge in [-0.05, 0) is 36.4 Å². The van der Waals surface area contributed by atoms with Crippen LogP contribution in [0.4, 0.5) is 0 Å². The maximum atomic E-state index is 12.4. The van der Waals surface area contributed by atoms with Gasteiger partial charge in [-0.15, -0.1) is 11.3 Å². The number of carbonyl (C=O) groups is 3. The third-order valence-corrected chi connectivity index (χ3v) is 5.80. The number of thiazole rings is 1. The van der Waals surface area contributed by atoms with E-state index in [1.165, 1.54) is 36.6 Å². The molecule has 0 saturated heterocycles. The number of carbonyl (C=O) groups excluding carboxylic acids is 3. The van der Waals surface area contributed by atoms with E-state index in [1.54, 1.807) is 25.7 Å². The zero-order valence-electron chi connectivity index (χ0n) is 17.0. The third-order valence-electron chi connectivity index (χ3n) is 4.86. The van der Waals surface area contributed by atoms with Crippen molar-refractivity contribution in [3.63, 3.8) is 0 Å². The van der Waals surface area contributed by atoms with E-state index in [0.717, 1.165) is 15.5 Å². The van der Waals surface area contributed by atoms with Crippen molar-refractivity contribution < 1.29 is 28.6 Å². The van der Waals surface area contributed by atoms with E-state index in [4.69, 9.17) is 14.2 Å². The Bertz CT molecular complexity index is 1200. The summed E-state index contributed by atoms with van der Waals surface area (Å²) < 4.78 is 15.9. The Balaban J connectivity index is 1.45. The van der Waals surface area contributed by atoms with Crippen molar-refractivity contribution in [1.29, 1.82) is 0 Å². The first-order chi connectivity index (χ1) is 14.9. The molecule has 1 aromatic heterocycles. The van der Waals surface area contributed by atoms with Crippen molar-refractivity contribution in [1.82, 2.24) is 9.88 Å². The predicted octanol–water partition coefficient (Wildman–Crippen LogP) is 3.41. The second kappa shape index (κ2) is 8.19. The quantitative estimate of drug-likeness (QED) is 0.430. The van der Waals surface area contributed by atoms with Crippen LogP contribution in [0.3, 0.4) is 0 Å². The van der Waals surface area contributed by atoms with Crippen LogP contribution in [0.5, 0.6) is 11.5 Å². The minimum atomic E-state index is -0.599. The Hall–Kier alpha value is -3.72. The van der Waals surface area contributed by atoms with Gasteiger partial charge in [0.15, 0.2) is 11.5 Å². The fraction of sp³-hybridized carbons (Fsp3) is 0.182. The lowest BCUT2D eigenvalue weighted by Gasteiger charge is -2.08. The van der Waals surface area contributed by atoms with Gasteiger partial charge in [-0.25, -0.2) is 9.78 Å². The van der Waals surface area contributed by atoms with E-state index < -0.39 is 11.9 Å². The van der Waals surface area contributed by atoms with Crippen molar-refractivity contribution in [2.75, 3.05) is 21.3 Å². The zero-order chi connectivity index (χ0) is 22.1. The van der Waals surface area contributed by atoms with Crippen molar-refractivity contribution in [2.45, 2.75) is 6.61 Å². The topological polar surface area (TPSA) is 95.0 Å². The lowest BCUT2D eigenvalue weighted by molar-refractivity contribution is 0.0468. The Labute approximate surface area is 182 Å². The van der Waals surface area contributed by atoms with Gasteiger partial charge in [0.2, 0.25) is 0 Å². The van der Waals surface area contributed by atoms with E-state index in [1.807, 2.05) is 12.1 Å². The maximum absolute atomic E-state index is 12.4. The minimum absolute atomic E-state index is 0.0213. The SMILES string of the molecule is COc1ccc(-c2nc(COC(=O)c3ccc4c(c3)C(=O)N(C)C4=O)cs2)cc1OC. The van der Waals surface area contributed by atoms with E-state index in [2.05, 4.69) is 4.98 Å². The Morgan fingerprint density at radius 3 is 2.48 bits per heavy atom. The number of rotatable bonds is 6. The second-order valence-corrected chi connectivity index (χ2v) is 7.58. The maximum Gasteiger partial charge on any atom is 0.338 e. The molecule has 1 aliphatic heterocycles. The van der Waals surface area contributed by atoms with Gasteiger partial charge < -0.3 is 14.2 Å². The minimum Gasteiger partial charge on any atom is -0.493 e. The van der Waals surface area contributed by atoms with Gasteiger partial charge in [0.1, 0.15) is 11.6 Å². The van der Waals surface area contributed by atoms with Crippen molar-refractivity contribution >= 4 is 29.1 Å². The third kappa shape index (κ3) is 3.75. The van der Waals surface area contributed by atoms with E-state index in [9.17, 15) is 14.4 Å². The molecule has 0 unspecified atom stereocenters. The molecule has 8 nitrogen and oxygen atoms in total. The number of amides is 2. The summed E-state index contributed by atoms with van der Waals surface area (Å²) in [5.41, 5.74) is 2.13. The van der Waals surface area contributed by atoms with Gasteiger partial charge in [-0.1, -0.05) is 0 Å². The number of fused-ring (bicyclic) bond motifs is 1. The highest BCUT2D eigenvalue weighted by Gasteiger charge is 2.33. The number of imide groups is 1. The molecule has 1 aliphatic rings. The van der Waals surface area contributed by atoms with Gasteiger partial charge in [-0.3, -0.25) is 14.5 Å². The highest BCUT2D eigenvalue weighted by atomic mass is 32.1. The molecule has 0 fully saturated rings. The van der Waals surface area contributed by atoms with Gasteiger partial charge in [0.05, 0.1) is 36.6 Å². The molecule has 2 amide bonds. The van der Waals surface area contributed by atoms with Crippen LogP contribution in [0, 0.1) is 0 Å². The smallest absolute Gasteiger partial charge is 0.338 e. The summed E-state index contributed by atoms with van der Waals surface area (Å²) in [4.78, 5) is 42.0. The molecule has 0 aliphatic carbocycles. The van der Waals surface area contributed by atoms with Crippen LogP contribution < -0.4 is 9.47 Å². The first-order valence-electron chi connectivity index (χ1n) is 9.23. The molecular formula is C22H18N2O6S. The number of esters is 1. The van der Waals surface area contributed by atoms with Gasteiger partial charge in [0, 0.05) is 18.0 Å². The molecule has 3 aromatic rings. The number of ether oxygens (including phenoxy) is 3. The standard InChI is InChI=1S/C22H18N2O6S/c1-24-20(25)15-6-4-13(8-16(15)21(24)26)22(27)30-10-14-11-31-19(23-14)12-5-7-17(28-2)18(9-12)29-3/h4-9,11H,10H2,1-3H3. The normalized spacial score (nSPS) is 12.7. The van der Waals surface area contributed by atoms with E-state index in [-0.39, 0.29) is 29.2 Å². The van der Waals surface area contributed by atoms with Crippen molar-refractivity contribution in [3.05, 3.63) is 64.2 Å². The number of hydrogen-bond acceptors (Lipinski definition) is 8. The molecule has 4 rings (SSSR count). The predicted molar refractivity (Wildman–Crippen MR) is 113 cm³/mol. The largest absolute Gasteiger partial charge is 0.493 e. The molecule has 31 heavy (non-hydrogen) atoms. The average molecular weight is 438 g/mol. The second-order valence-electron chi connectivity index (χ2n) is 6.72. The monoisotopic (exact) mass is 438 g/mol. The summed E-state index contributed by atoms with van der Waals surface area (Å²) in [6, 6.07) is 9.82. The first kappa shape index (κ1) is 20.5. The fourth-order valence-corrected chi connectivity index (χ4v) is 3.99. The summed E-state index contributed by atoms with van der Waals surface area (Å²) in [5, 5.41) is 2.55. The molecule has 2 heterocycles. The van der Waals surface area contributed by atoms with Crippen molar-refractivity contribution in [3.8, 4) is 22.1 Å². The Kier molecular flexibility index (Phi) is 5.43. The summed E-state index contributed by atoms with van der Waals surface area (Å²) in [7, 11) is 4.54. The van der Waals surface area contributed by atoms with Crippen LogP contribution in [-0.2, 0) is 11.3 Å². The summed E-state index contributed by atoms with van der Waals surface area (Å²) in [6.45, 7) is -0.0213. The molecule has 9 heteroatoms. The van der Waals surface area contributed by atoms with E-state index in [0.29, 0.717) is 17.2 Å². The van der Waals surface area contributed by atoms with Gasteiger partial charge in [0.25, 0.3) is 11.8 Å². The molecule has 2 aromatic carbocycles. The Morgan fingerprint density at radius 2 is 1.74 bits per heavy atom. The molecule has 0 atom stereocenters. The van der Waals surface area contributed by atoms with Crippen LogP contribution >= 0.6 is 11.3 Å². The van der Waals surface area contributed by atoms with Crippen LogP contribution in [0.2, 0.25) is 0 Å². The number of hydrogen-bond donors (Lipinski definition) is 0. The molecule has 0 N–H and O–H groups in total. The highest BCUT2D eigenvalue weighted by molar-refractivity contribution is 7.13. The van der Waals surface area contributed by atoms with Crippen LogP contribution in [0.1, 0.15) is 36.8 Å². The average Bonchev–Trinajstić information content (AvgIpc) is 3.36. The number of benzene rings is 2. The Morgan fingerprint density at radius 1 is 1.00 bits per heavy atom. The van der Waals surface area contributed by atoms with Crippen LogP contribution in [-0.4, -0.2) is 48.9 Å². The van der Waals surface area contributed by atoms with Crippen LogP contribution in [0.15, 0.2) is 41.8 Å². The fourth-order valence-electron chi connectivity index (χ4n) is 3.19. The molecule has 0 saturated carbocycles. The van der Waals surface area contributed by atoms with Gasteiger partial charge >= 0.3 is 5.97 Å². The van der Waals surface area contributed by atoms with Crippen LogP contribution in [0.25, 0.3) is 10.6 Å². The summed E-state index contributed by atoms with van der Waals surface area (Å²) >= 11 is 1.41. The number of aromatic nitrogens is 1. The lowest BCUT2D eigenvalue weighted by atomic mass is 10.1. The number of nitrogens with zero attached hydrogens (tertiary/aromatic N) is 2.